The number of amides is 1. The summed E-state index contributed by atoms with van der Waals surface area (Å²) in [4.78, 5) is 14.4. The third-order valence-corrected chi connectivity index (χ3v) is 5.23. The van der Waals surface area contributed by atoms with Crippen LogP contribution in [0.25, 0.3) is 0 Å². The molecule has 1 heterocycles. The van der Waals surface area contributed by atoms with Crippen molar-refractivity contribution >= 4 is 17.5 Å². The van der Waals surface area contributed by atoms with Gasteiger partial charge in [-0.1, -0.05) is 54.1 Å². The molecule has 1 aliphatic rings. The number of aliphatic hydroxyl groups is 1. The van der Waals surface area contributed by atoms with Crippen LogP contribution < -0.4 is 0 Å². The van der Waals surface area contributed by atoms with Gasteiger partial charge >= 0.3 is 0 Å². The summed E-state index contributed by atoms with van der Waals surface area (Å²) in [5, 5.41) is 11.2. The number of benzene rings is 2. The predicted octanol–water partition coefficient (Wildman–Crippen LogP) is 4.24. The Morgan fingerprint density at radius 3 is 2.52 bits per heavy atom. The van der Waals surface area contributed by atoms with Gasteiger partial charge in [0, 0.05) is 24.5 Å². The summed E-state index contributed by atoms with van der Waals surface area (Å²) in [6.07, 6.45) is 2.47. The lowest BCUT2D eigenvalue weighted by atomic mass is 9.87. The van der Waals surface area contributed by atoms with Crippen LogP contribution in [0.5, 0.6) is 0 Å². The molecule has 1 aliphatic heterocycles. The second-order valence-corrected chi connectivity index (χ2v) is 7.14. The fraction of sp³-hybridized carbons (Fsp3) is 0.381. The van der Waals surface area contributed by atoms with Crippen molar-refractivity contribution < 1.29 is 9.90 Å². The Hall–Kier alpha value is -1.84. The van der Waals surface area contributed by atoms with E-state index in [1.165, 1.54) is 0 Å². The van der Waals surface area contributed by atoms with E-state index in [1.807, 2.05) is 59.5 Å². The molecule has 1 unspecified atom stereocenters. The Bertz CT molecular complexity index is 696. The van der Waals surface area contributed by atoms with E-state index in [4.69, 9.17) is 11.6 Å². The SMILES string of the molecule is O=C(CCc1cccc(Cl)c1)N1CCC(C(O)c2ccccc2)CC1. The second-order valence-electron chi connectivity index (χ2n) is 6.70. The number of piperidine rings is 1. The molecule has 1 saturated heterocycles. The lowest BCUT2D eigenvalue weighted by Crippen LogP contribution is -2.39. The molecule has 2 aromatic rings. The third-order valence-electron chi connectivity index (χ3n) is 5.00. The van der Waals surface area contributed by atoms with Crippen molar-refractivity contribution in [3.63, 3.8) is 0 Å². The van der Waals surface area contributed by atoms with Gasteiger partial charge in [0.25, 0.3) is 0 Å². The first-order valence-corrected chi connectivity index (χ1v) is 9.26. The summed E-state index contributed by atoms with van der Waals surface area (Å²) in [6, 6.07) is 17.5. The van der Waals surface area contributed by atoms with Crippen LogP contribution in [0.4, 0.5) is 0 Å². The van der Waals surface area contributed by atoms with Crippen LogP contribution in [0, 0.1) is 5.92 Å². The van der Waals surface area contributed by atoms with Gasteiger partial charge in [0.1, 0.15) is 0 Å². The number of nitrogens with zero attached hydrogens (tertiary/aromatic N) is 1. The maximum atomic E-state index is 12.4. The van der Waals surface area contributed by atoms with E-state index >= 15 is 0 Å². The van der Waals surface area contributed by atoms with Crippen LogP contribution in [0.3, 0.4) is 0 Å². The first-order chi connectivity index (χ1) is 12.1. The minimum atomic E-state index is -0.440. The smallest absolute Gasteiger partial charge is 0.222 e. The summed E-state index contributed by atoms with van der Waals surface area (Å²) < 4.78 is 0. The number of likely N-dealkylation sites (tertiary alicyclic amines) is 1. The molecule has 4 heteroatoms. The van der Waals surface area contributed by atoms with Crippen LogP contribution in [-0.4, -0.2) is 29.0 Å². The highest BCUT2D eigenvalue weighted by Gasteiger charge is 2.27. The van der Waals surface area contributed by atoms with Crippen molar-refractivity contribution in [2.24, 2.45) is 5.92 Å². The van der Waals surface area contributed by atoms with E-state index in [1.54, 1.807) is 0 Å². The van der Waals surface area contributed by atoms with Crippen molar-refractivity contribution in [2.75, 3.05) is 13.1 Å². The number of halogens is 1. The van der Waals surface area contributed by atoms with Crippen LogP contribution >= 0.6 is 11.6 Å². The topological polar surface area (TPSA) is 40.5 Å². The minimum Gasteiger partial charge on any atom is -0.388 e. The molecule has 1 N–H and O–H groups in total. The fourth-order valence-corrected chi connectivity index (χ4v) is 3.70. The number of carbonyl (C=O) groups excluding carboxylic acids is 1. The molecular formula is C21H24ClNO2. The van der Waals surface area contributed by atoms with Crippen LogP contribution in [0.15, 0.2) is 54.6 Å². The van der Waals surface area contributed by atoms with E-state index in [2.05, 4.69) is 0 Å². The van der Waals surface area contributed by atoms with Gasteiger partial charge in [-0.25, -0.2) is 0 Å². The molecule has 3 rings (SSSR count). The maximum absolute atomic E-state index is 12.4. The lowest BCUT2D eigenvalue weighted by Gasteiger charge is -2.34. The zero-order valence-corrected chi connectivity index (χ0v) is 15.0. The van der Waals surface area contributed by atoms with Gasteiger partial charge < -0.3 is 10.0 Å². The molecule has 0 spiro atoms. The standard InChI is InChI=1S/C21H24ClNO2/c22-19-8-4-5-16(15-19)9-10-20(24)23-13-11-18(12-14-23)21(25)17-6-2-1-3-7-17/h1-8,15,18,21,25H,9-14H2. The molecule has 3 nitrogen and oxygen atoms in total. The average Bonchev–Trinajstić information content (AvgIpc) is 2.66. The van der Waals surface area contributed by atoms with Crippen molar-refractivity contribution in [3.8, 4) is 0 Å². The molecule has 0 aromatic heterocycles. The Balaban J connectivity index is 1.47. The highest BCUT2D eigenvalue weighted by Crippen LogP contribution is 2.30. The number of hydrogen-bond donors (Lipinski definition) is 1. The van der Waals surface area contributed by atoms with Gasteiger partial charge in [0.15, 0.2) is 0 Å². The van der Waals surface area contributed by atoms with E-state index < -0.39 is 6.10 Å². The fourth-order valence-electron chi connectivity index (χ4n) is 3.49. The predicted molar refractivity (Wildman–Crippen MR) is 100 cm³/mol. The van der Waals surface area contributed by atoms with E-state index in [9.17, 15) is 9.90 Å². The molecule has 1 amide bonds. The molecule has 0 bridgehead atoms. The number of hydrogen-bond acceptors (Lipinski definition) is 2. The molecular weight excluding hydrogens is 334 g/mol. The van der Waals surface area contributed by atoms with E-state index in [0.29, 0.717) is 17.9 Å². The number of carbonyl (C=O) groups is 1. The largest absolute Gasteiger partial charge is 0.388 e. The van der Waals surface area contributed by atoms with E-state index in [-0.39, 0.29) is 11.8 Å². The first kappa shape index (κ1) is 18.0. The zero-order chi connectivity index (χ0) is 17.6. The maximum Gasteiger partial charge on any atom is 0.222 e. The van der Waals surface area contributed by atoms with Gasteiger partial charge in [-0.15, -0.1) is 0 Å². The van der Waals surface area contributed by atoms with Crippen LogP contribution in [-0.2, 0) is 11.2 Å². The van der Waals surface area contributed by atoms with Gasteiger partial charge in [-0.05, 0) is 48.4 Å². The molecule has 1 atom stereocenters. The molecule has 2 aromatic carbocycles. The van der Waals surface area contributed by atoms with Gasteiger partial charge in [0.05, 0.1) is 6.10 Å². The van der Waals surface area contributed by atoms with Crippen LogP contribution in [0.2, 0.25) is 5.02 Å². The molecule has 0 saturated carbocycles. The van der Waals surface area contributed by atoms with Crippen molar-refractivity contribution in [1.82, 2.24) is 4.90 Å². The Labute approximate surface area is 154 Å². The monoisotopic (exact) mass is 357 g/mol. The van der Waals surface area contributed by atoms with Crippen molar-refractivity contribution in [1.29, 1.82) is 0 Å². The van der Waals surface area contributed by atoms with Crippen LogP contribution in [0.1, 0.15) is 36.5 Å². The second kappa shape index (κ2) is 8.50. The molecule has 132 valence electrons. The summed E-state index contributed by atoms with van der Waals surface area (Å²) >= 11 is 5.99. The highest BCUT2D eigenvalue weighted by molar-refractivity contribution is 6.30. The Kier molecular flexibility index (Phi) is 6.11. The quantitative estimate of drug-likeness (QED) is 0.869. The Morgan fingerprint density at radius 1 is 1.12 bits per heavy atom. The van der Waals surface area contributed by atoms with Gasteiger partial charge in [0.2, 0.25) is 5.91 Å². The molecule has 25 heavy (non-hydrogen) atoms. The molecule has 1 fully saturated rings. The average molecular weight is 358 g/mol. The number of aliphatic hydroxyl groups excluding tert-OH is 1. The number of aryl methyl sites for hydroxylation is 1. The molecule has 0 aliphatic carbocycles. The normalized spacial score (nSPS) is 16.6. The van der Waals surface area contributed by atoms with Crippen molar-refractivity contribution in [2.45, 2.75) is 31.8 Å². The van der Waals surface area contributed by atoms with Crippen molar-refractivity contribution in [3.05, 3.63) is 70.7 Å². The highest BCUT2D eigenvalue weighted by atomic mass is 35.5. The number of rotatable bonds is 5. The minimum absolute atomic E-state index is 0.188. The first-order valence-electron chi connectivity index (χ1n) is 8.89. The summed E-state index contributed by atoms with van der Waals surface area (Å²) in [6.45, 7) is 1.45. The van der Waals surface area contributed by atoms with Gasteiger partial charge in [-0.3, -0.25) is 4.79 Å². The summed E-state index contributed by atoms with van der Waals surface area (Å²) in [7, 11) is 0. The van der Waals surface area contributed by atoms with Gasteiger partial charge in [-0.2, -0.15) is 0 Å². The molecule has 0 radical (unpaired) electrons. The summed E-state index contributed by atoms with van der Waals surface area (Å²) in [5.74, 6) is 0.409. The lowest BCUT2D eigenvalue weighted by molar-refractivity contribution is -0.133. The van der Waals surface area contributed by atoms with E-state index in [0.717, 1.165) is 37.1 Å². The summed E-state index contributed by atoms with van der Waals surface area (Å²) in [5.41, 5.74) is 2.06. The zero-order valence-electron chi connectivity index (χ0n) is 14.3. The Morgan fingerprint density at radius 2 is 1.84 bits per heavy atom. The third kappa shape index (κ3) is 4.83.